The van der Waals surface area contributed by atoms with Gasteiger partial charge in [-0.15, -0.1) is 0 Å². The number of rotatable bonds is 3. The summed E-state index contributed by atoms with van der Waals surface area (Å²) in [4.78, 5) is 14.4. The molecule has 0 aliphatic carbocycles. The van der Waals surface area contributed by atoms with Crippen molar-refractivity contribution >= 4 is 40.3 Å². The minimum Gasteiger partial charge on any atom is -0.376 e. The number of ether oxygens (including phenoxy) is 1. The zero-order chi connectivity index (χ0) is 14.8. The molecule has 0 N–H and O–H groups in total. The zero-order valence-electron chi connectivity index (χ0n) is 11.3. The number of amides is 1. The van der Waals surface area contributed by atoms with Crippen molar-refractivity contribution in [3.8, 4) is 0 Å². The van der Waals surface area contributed by atoms with E-state index in [1.54, 1.807) is 29.2 Å². The zero-order valence-corrected chi connectivity index (χ0v) is 12.9. The summed E-state index contributed by atoms with van der Waals surface area (Å²) < 4.78 is 19.7. The maximum absolute atomic E-state index is 13.7. The molecular formula is C15H14FNO2S2. The number of nitrogens with zero attached hydrogens (tertiary/aromatic N) is 1. The molecule has 2 saturated heterocycles. The van der Waals surface area contributed by atoms with Crippen LogP contribution in [0.25, 0.3) is 6.08 Å². The number of hydrogen-bond donors (Lipinski definition) is 0. The van der Waals surface area contributed by atoms with Crippen LogP contribution >= 0.6 is 24.0 Å². The Hall–Kier alpha value is -1.24. The van der Waals surface area contributed by atoms with Crippen molar-refractivity contribution in [1.82, 2.24) is 4.90 Å². The summed E-state index contributed by atoms with van der Waals surface area (Å²) in [6.45, 7) is 1.23. The predicted molar refractivity (Wildman–Crippen MR) is 85.3 cm³/mol. The number of benzene rings is 1. The van der Waals surface area contributed by atoms with Gasteiger partial charge in [0.1, 0.15) is 10.1 Å². The summed E-state index contributed by atoms with van der Waals surface area (Å²) in [5.74, 6) is -0.509. The van der Waals surface area contributed by atoms with E-state index in [1.807, 2.05) is 0 Å². The van der Waals surface area contributed by atoms with Gasteiger partial charge in [-0.1, -0.05) is 42.2 Å². The molecule has 0 aromatic heterocycles. The Morgan fingerprint density at radius 1 is 1.48 bits per heavy atom. The Morgan fingerprint density at radius 3 is 3.00 bits per heavy atom. The SMILES string of the molecule is O=C1/C(=C/c2ccccc2F)SC(=S)N1C[C@H]1CCCO1. The van der Waals surface area contributed by atoms with E-state index in [1.165, 1.54) is 17.8 Å². The van der Waals surface area contributed by atoms with Gasteiger partial charge in [-0.2, -0.15) is 0 Å². The molecule has 6 heteroatoms. The van der Waals surface area contributed by atoms with E-state index in [2.05, 4.69) is 0 Å². The molecular weight excluding hydrogens is 309 g/mol. The Bertz CT molecular complexity index is 611. The second kappa shape index (κ2) is 6.25. The molecule has 0 unspecified atom stereocenters. The van der Waals surface area contributed by atoms with Gasteiger partial charge in [-0.25, -0.2) is 4.39 Å². The Kier molecular flexibility index (Phi) is 4.37. The fourth-order valence-electron chi connectivity index (χ4n) is 2.38. The lowest BCUT2D eigenvalue weighted by molar-refractivity contribution is -0.123. The van der Waals surface area contributed by atoms with Gasteiger partial charge in [0.2, 0.25) is 0 Å². The molecule has 0 saturated carbocycles. The molecule has 0 radical (unpaired) electrons. The van der Waals surface area contributed by atoms with Crippen molar-refractivity contribution in [3.05, 3.63) is 40.6 Å². The van der Waals surface area contributed by atoms with Crippen molar-refractivity contribution in [2.45, 2.75) is 18.9 Å². The predicted octanol–water partition coefficient (Wildman–Crippen LogP) is 3.21. The van der Waals surface area contributed by atoms with E-state index in [4.69, 9.17) is 17.0 Å². The molecule has 1 aromatic rings. The van der Waals surface area contributed by atoms with E-state index in [-0.39, 0.29) is 17.8 Å². The van der Waals surface area contributed by atoms with Crippen molar-refractivity contribution in [3.63, 3.8) is 0 Å². The molecule has 3 rings (SSSR count). The van der Waals surface area contributed by atoms with Crippen LogP contribution in [0.15, 0.2) is 29.2 Å². The standard InChI is InChI=1S/C15H14FNO2S2/c16-12-6-2-1-4-10(12)8-13-14(18)17(15(20)21-13)9-11-5-3-7-19-11/h1-2,4,6,8,11H,3,5,7,9H2/b13-8-/t11-/m1/s1. The lowest BCUT2D eigenvalue weighted by Crippen LogP contribution is -2.35. The Balaban J connectivity index is 1.78. The fourth-order valence-corrected chi connectivity index (χ4v) is 3.65. The number of carbonyl (C=O) groups is 1. The van der Waals surface area contributed by atoms with Crippen LogP contribution in [0, 0.1) is 5.82 Å². The molecule has 2 heterocycles. The van der Waals surface area contributed by atoms with E-state index in [0.717, 1.165) is 19.4 Å². The van der Waals surface area contributed by atoms with Crippen molar-refractivity contribution in [1.29, 1.82) is 0 Å². The first-order valence-electron chi connectivity index (χ1n) is 6.76. The summed E-state index contributed by atoms with van der Waals surface area (Å²) in [5.41, 5.74) is 0.398. The van der Waals surface area contributed by atoms with Gasteiger partial charge < -0.3 is 4.74 Å². The summed E-state index contributed by atoms with van der Waals surface area (Å²) in [6.07, 6.45) is 3.58. The molecule has 2 aliphatic heterocycles. The van der Waals surface area contributed by atoms with E-state index >= 15 is 0 Å². The topological polar surface area (TPSA) is 29.5 Å². The normalized spacial score (nSPS) is 24.3. The number of carbonyl (C=O) groups excluding carboxylic acids is 1. The number of halogens is 1. The summed E-state index contributed by atoms with van der Waals surface area (Å²) in [6, 6.07) is 6.37. The molecule has 21 heavy (non-hydrogen) atoms. The Labute approximate surface area is 132 Å². The third-order valence-corrected chi connectivity index (χ3v) is 4.85. The molecule has 3 nitrogen and oxygen atoms in total. The van der Waals surface area contributed by atoms with Gasteiger partial charge in [-0.05, 0) is 25.0 Å². The average Bonchev–Trinajstić information content (AvgIpc) is 3.06. The lowest BCUT2D eigenvalue weighted by atomic mass is 10.2. The molecule has 1 amide bonds. The maximum Gasteiger partial charge on any atom is 0.266 e. The first-order chi connectivity index (χ1) is 10.1. The molecule has 2 aliphatic rings. The van der Waals surface area contributed by atoms with E-state index in [0.29, 0.717) is 21.3 Å². The van der Waals surface area contributed by atoms with Crippen LogP contribution in [-0.2, 0) is 9.53 Å². The van der Waals surface area contributed by atoms with Crippen LogP contribution in [0.3, 0.4) is 0 Å². The van der Waals surface area contributed by atoms with Crippen molar-refractivity contribution in [2.75, 3.05) is 13.2 Å². The second-order valence-electron chi connectivity index (χ2n) is 4.95. The highest BCUT2D eigenvalue weighted by atomic mass is 32.2. The summed E-state index contributed by atoms with van der Waals surface area (Å²) in [7, 11) is 0. The van der Waals surface area contributed by atoms with Gasteiger partial charge in [0.25, 0.3) is 5.91 Å². The van der Waals surface area contributed by atoms with E-state index < -0.39 is 0 Å². The van der Waals surface area contributed by atoms with Crippen LogP contribution in [0.2, 0.25) is 0 Å². The highest BCUT2D eigenvalue weighted by Gasteiger charge is 2.34. The minimum atomic E-state index is -0.345. The first-order valence-corrected chi connectivity index (χ1v) is 7.99. The van der Waals surface area contributed by atoms with Crippen LogP contribution in [0.4, 0.5) is 4.39 Å². The fraction of sp³-hybridized carbons (Fsp3) is 0.333. The highest BCUT2D eigenvalue weighted by Crippen LogP contribution is 2.33. The molecule has 0 bridgehead atoms. The van der Waals surface area contributed by atoms with Crippen LogP contribution in [0.5, 0.6) is 0 Å². The summed E-state index contributed by atoms with van der Waals surface area (Å²) in [5, 5.41) is 0. The quantitative estimate of drug-likeness (QED) is 0.631. The van der Waals surface area contributed by atoms with Crippen LogP contribution in [-0.4, -0.2) is 34.4 Å². The van der Waals surface area contributed by atoms with Gasteiger partial charge in [0.15, 0.2) is 0 Å². The number of hydrogen-bond acceptors (Lipinski definition) is 4. The van der Waals surface area contributed by atoms with Gasteiger partial charge >= 0.3 is 0 Å². The minimum absolute atomic E-state index is 0.0558. The largest absolute Gasteiger partial charge is 0.376 e. The molecule has 2 fully saturated rings. The van der Waals surface area contributed by atoms with Crippen LogP contribution < -0.4 is 0 Å². The molecule has 1 atom stereocenters. The molecule has 1 aromatic carbocycles. The third kappa shape index (κ3) is 3.17. The van der Waals surface area contributed by atoms with Gasteiger partial charge in [0.05, 0.1) is 17.6 Å². The summed E-state index contributed by atoms with van der Waals surface area (Å²) >= 11 is 6.47. The van der Waals surface area contributed by atoms with Gasteiger partial charge in [-0.3, -0.25) is 9.69 Å². The number of thiocarbonyl (C=S) groups is 1. The maximum atomic E-state index is 13.7. The van der Waals surface area contributed by atoms with E-state index in [9.17, 15) is 9.18 Å². The van der Waals surface area contributed by atoms with Crippen LogP contribution in [0.1, 0.15) is 18.4 Å². The molecule has 0 spiro atoms. The van der Waals surface area contributed by atoms with Crippen molar-refractivity contribution < 1.29 is 13.9 Å². The molecule has 110 valence electrons. The highest BCUT2D eigenvalue weighted by molar-refractivity contribution is 8.26. The average molecular weight is 323 g/mol. The smallest absolute Gasteiger partial charge is 0.266 e. The number of thioether (sulfide) groups is 1. The lowest BCUT2D eigenvalue weighted by Gasteiger charge is -2.18. The third-order valence-electron chi connectivity index (χ3n) is 3.48. The second-order valence-corrected chi connectivity index (χ2v) is 6.62. The first kappa shape index (κ1) is 14.7. The van der Waals surface area contributed by atoms with Gasteiger partial charge in [0, 0.05) is 12.2 Å². The van der Waals surface area contributed by atoms with Crippen molar-refractivity contribution in [2.24, 2.45) is 0 Å². The monoisotopic (exact) mass is 323 g/mol. The Morgan fingerprint density at radius 2 is 2.29 bits per heavy atom.